The van der Waals surface area contributed by atoms with Crippen LogP contribution in [0.1, 0.15) is 28.9 Å². The molecule has 0 saturated heterocycles. The Morgan fingerprint density at radius 3 is 2.58 bits per heavy atom. The van der Waals surface area contributed by atoms with Crippen LogP contribution in [0, 0.1) is 11.6 Å². The van der Waals surface area contributed by atoms with E-state index in [0.717, 1.165) is 12.1 Å². The molecule has 0 radical (unpaired) electrons. The van der Waals surface area contributed by atoms with Crippen molar-refractivity contribution in [2.75, 3.05) is 0 Å². The van der Waals surface area contributed by atoms with Gasteiger partial charge in [0.2, 0.25) is 5.56 Å². The highest BCUT2D eigenvalue weighted by Gasteiger charge is 2.16. The van der Waals surface area contributed by atoms with Crippen LogP contribution in [0.5, 0.6) is 0 Å². The topological polar surface area (TPSA) is 62.0 Å². The van der Waals surface area contributed by atoms with Gasteiger partial charge in [0.1, 0.15) is 0 Å². The van der Waals surface area contributed by atoms with Crippen LogP contribution < -0.4 is 10.9 Å². The Morgan fingerprint density at radius 1 is 1.08 bits per heavy atom. The second kappa shape index (κ2) is 6.23. The van der Waals surface area contributed by atoms with E-state index in [1.807, 2.05) is 0 Å². The number of aromatic nitrogens is 1. The molecule has 3 aromatic rings. The molecule has 0 aliphatic heterocycles. The van der Waals surface area contributed by atoms with Crippen LogP contribution in [-0.2, 0) is 0 Å². The van der Waals surface area contributed by atoms with Gasteiger partial charge in [0, 0.05) is 17.0 Å². The molecule has 1 heterocycles. The lowest BCUT2D eigenvalue weighted by molar-refractivity contribution is 0.0941. The predicted octanol–water partition coefficient (Wildman–Crippen LogP) is 3.30. The zero-order valence-electron chi connectivity index (χ0n) is 12.8. The number of hydrogen-bond donors (Lipinski definition) is 2. The minimum Gasteiger partial charge on any atom is -0.345 e. The van der Waals surface area contributed by atoms with Crippen LogP contribution >= 0.6 is 0 Å². The molecule has 0 fully saturated rings. The molecule has 2 aromatic carbocycles. The second-order valence-corrected chi connectivity index (χ2v) is 5.46. The highest BCUT2D eigenvalue weighted by Crippen LogP contribution is 2.19. The summed E-state index contributed by atoms with van der Waals surface area (Å²) in [5, 5.41) is 3.30. The molecule has 3 rings (SSSR count). The third kappa shape index (κ3) is 3.03. The number of rotatable bonds is 3. The molecule has 0 aliphatic carbocycles. The highest BCUT2D eigenvalue weighted by atomic mass is 19.2. The van der Waals surface area contributed by atoms with E-state index in [1.165, 1.54) is 12.1 Å². The standard InChI is InChI=1S/C18H14F2N2O2/c1-10(11-6-7-14(19)15(20)8-11)21-18(24)13-9-17(23)22-16-5-3-2-4-12(13)16/h2-10H,1H3,(H,21,24)(H,22,23). The molecular weight excluding hydrogens is 314 g/mol. The Kier molecular flexibility index (Phi) is 4.12. The van der Waals surface area contributed by atoms with Crippen molar-refractivity contribution in [3.05, 3.63) is 81.6 Å². The van der Waals surface area contributed by atoms with Crippen LogP contribution in [0.15, 0.2) is 53.3 Å². The zero-order chi connectivity index (χ0) is 17.3. The van der Waals surface area contributed by atoms with Gasteiger partial charge >= 0.3 is 0 Å². The molecule has 1 aromatic heterocycles. The number of carbonyl (C=O) groups is 1. The van der Waals surface area contributed by atoms with E-state index in [-0.39, 0.29) is 11.1 Å². The summed E-state index contributed by atoms with van der Waals surface area (Å²) in [5.74, 6) is -2.39. The number of halogens is 2. The maximum absolute atomic E-state index is 13.3. The molecule has 6 heteroatoms. The molecular formula is C18H14F2N2O2. The van der Waals surface area contributed by atoms with E-state index >= 15 is 0 Å². The van der Waals surface area contributed by atoms with Crippen molar-refractivity contribution in [2.24, 2.45) is 0 Å². The lowest BCUT2D eigenvalue weighted by Gasteiger charge is -2.15. The smallest absolute Gasteiger partial charge is 0.252 e. The SMILES string of the molecule is CC(NC(=O)c1cc(=O)[nH]c2ccccc12)c1ccc(F)c(F)c1. The van der Waals surface area contributed by atoms with Gasteiger partial charge in [0.25, 0.3) is 5.91 Å². The molecule has 2 N–H and O–H groups in total. The first-order valence-corrected chi connectivity index (χ1v) is 7.33. The monoisotopic (exact) mass is 328 g/mol. The molecule has 0 spiro atoms. The van der Waals surface area contributed by atoms with Crippen LogP contribution in [0.2, 0.25) is 0 Å². The molecule has 122 valence electrons. The van der Waals surface area contributed by atoms with Gasteiger partial charge in [0.15, 0.2) is 11.6 Å². The summed E-state index contributed by atoms with van der Waals surface area (Å²) in [6.07, 6.45) is 0. The highest BCUT2D eigenvalue weighted by molar-refractivity contribution is 6.06. The lowest BCUT2D eigenvalue weighted by atomic mass is 10.1. The number of aromatic amines is 1. The average Bonchev–Trinajstić information content (AvgIpc) is 2.56. The fourth-order valence-corrected chi connectivity index (χ4v) is 2.53. The number of nitrogens with one attached hydrogen (secondary N) is 2. The Bertz CT molecular complexity index is 982. The molecule has 0 saturated carbocycles. The minimum atomic E-state index is -0.977. The predicted molar refractivity (Wildman–Crippen MR) is 86.8 cm³/mol. The van der Waals surface area contributed by atoms with Crippen LogP contribution in [-0.4, -0.2) is 10.9 Å². The van der Waals surface area contributed by atoms with E-state index in [4.69, 9.17) is 0 Å². The number of carbonyl (C=O) groups excluding carboxylic acids is 1. The summed E-state index contributed by atoms with van der Waals surface area (Å²) in [7, 11) is 0. The molecule has 4 nitrogen and oxygen atoms in total. The van der Waals surface area contributed by atoms with E-state index < -0.39 is 23.6 Å². The number of amides is 1. The van der Waals surface area contributed by atoms with Crippen molar-refractivity contribution < 1.29 is 13.6 Å². The quantitative estimate of drug-likeness (QED) is 0.775. The minimum absolute atomic E-state index is 0.226. The van der Waals surface area contributed by atoms with Crippen LogP contribution in [0.25, 0.3) is 10.9 Å². The summed E-state index contributed by atoms with van der Waals surface area (Å²) in [6.45, 7) is 1.65. The van der Waals surface area contributed by atoms with Gasteiger partial charge < -0.3 is 10.3 Å². The third-order valence-corrected chi connectivity index (χ3v) is 3.79. The van der Waals surface area contributed by atoms with Gasteiger partial charge in [0.05, 0.1) is 11.6 Å². The second-order valence-electron chi connectivity index (χ2n) is 5.46. The average molecular weight is 328 g/mol. The number of hydrogen-bond acceptors (Lipinski definition) is 2. The van der Waals surface area contributed by atoms with E-state index in [2.05, 4.69) is 10.3 Å². The normalized spacial score (nSPS) is 12.1. The van der Waals surface area contributed by atoms with E-state index in [9.17, 15) is 18.4 Å². The maximum atomic E-state index is 13.3. The van der Waals surface area contributed by atoms with E-state index in [0.29, 0.717) is 16.5 Å². The Balaban J connectivity index is 1.92. The largest absolute Gasteiger partial charge is 0.345 e. The fourth-order valence-electron chi connectivity index (χ4n) is 2.53. The molecule has 1 unspecified atom stereocenters. The van der Waals surface area contributed by atoms with Gasteiger partial charge in [-0.3, -0.25) is 9.59 Å². The first kappa shape index (κ1) is 15.9. The van der Waals surface area contributed by atoms with E-state index in [1.54, 1.807) is 31.2 Å². The van der Waals surface area contributed by atoms with Gasteiger partial charge in [-0.05, 0) is 30.7 Å². The molecule has 1 amide bonds. The number of pyridine rings is 1. The maximum Gasteiger partial charge on any atom is 0.252 e. The summed E-state index contributed by atoms with van der Waals surface area (Å²) < 4.78 is 26.3. The zero-order valence-corrected chi connectivity index (χ0v) is 12.8. The first-order valence-electron chi connectivity index (χ1n) is 7.33. The third-order valence-electron chi connectivity index (χ3n) is 3.79. The summed E-state index contributed by atoms with van der Waals surface area (Å²) >= 11 is 0. The van der Waals surface area contributed by atoms with Gasteiger partial charge in [-0.25, -0.2) is 8.78 Å². The van der Waals surface area contributed by atoms with Crippen LogP contribution in [0.4, 0.5) is 8.78 Å². The number of benzene rings is 2. The van der Waals surface area contributed by atoms with Crippen molar-refractivity contribution in [2.45, 2.75) is 13.0 Å². The van der Waals surface area contributed by atoms with Crippen LogP contribution in [0.3, 0.4) is 0 Å². The number of para-hydroxylation sites is 1. The summed E-state index contributed by atoms with van der Waals surface area (Å²) in [5.41, 5.74) is 0.815. The molecule has 0 aliphatic rings. The molecule has 24 heavy (non-hydrogen) atoms. The van der Waals surface area contributed by atoms with Crippen molar-refractivity contribution in [3.8, 4) is 0 Å². The van der Waals surface area contributed by atoms with Crippen molar-refractivity contribution in [3.63, 3.8) is 0 Å². The Morgan fingerprint density at radius 2 is 1.83 bits per heavy atom. The fraction of sp³-hybridized carbons (Fsp3) is 0.111. The van der Waals surface area contributed by atoms with Gasteiger partial charge in [-0.1, -0.05) is 24.3 Å². The first-order chi connectivity index (χ1) is 11.5. The number of H-pyrrole nitrogens is 1. The Hall–Kier alpha value is -3.02. The summed E-state index contributed by atoms with van der Waals surface area (Å²) in [4.78, 5) is 26.9. The molecule has 0 bridgehead atoms. The summed E-state index contributed by atoms with van der Waals surface area (Å²) in [6, 6.07) is 11.1. The van der Waals surface area contributed by atoms with Crippen molar-refractivity contribution in [1.82, 2.24) is 10.3 Å². The number of fused-ring (bicyclic) bond motifs is 1. The van der Waals surface area contributed by atoms with Crippen molar-refractivity contribution >= 4 is 16.8 Å². The lowest BCUT2D eigenvalue weighted by Crippen LogP contribution is -2.28. The molecule has 1 atom stereocenters. The van der Waals surface area contributed by atoms with Gasteiger partial charge in [-0.15, -0.1) is 0 Å². The van der Waals surface area contributed by atoms with Crippen molar-refractivity contribution in [1.29, 1.82) is 0 Å². The van der Waals surface area contributed by atoms with Gasteiger partial charge in [-0.2, -0.15) is 0 Å². The Labute approximate surface area is 136 Å².